The molecule has 0 atom stereocenters. The quantitative estimate of drug-likeness (QED) is 0.800. The van der Waals surface area contributed by atoms with Crippen LogP contribution in [-0.2, 0) is 0 Å². The van der Waals surface area contributed by atoms with Gasteiger partial charge >= 0.3 is 0 Å². The predicted molar refractivity (Wildman–Crippen MR) is 73.5 cm³/mol. The summed E-state index contributed by atoms with van der Waals surface area (Å²) in [6.07, 6.45) is 0.523. The van der Waals surface area contributed by atoms with E-state index in [-0.39, 0.29) is 5.91 Å². The van der Waals surface area contributed by atoms with Crippen LogP contribution in [0.1, 0.15) is 16.1 Å². The SMILES string of the molecule is NC(=S)CCNC(=O)c1cc(Br)c(Br)s1. The van der Waals surface area contributed by atoms with E-state index >= 15 is 0 Å². The number of carbonyl (C=O) groups excluding carboxylic acids is 1. The highest BCUT2D eigenvalue weighted by molar-refractivity contribution is 9.13. The predicted octanol–water partition coefficient (Wildman–Crippen LogP) is 2.68. The number of thiocarbonyl (C=S) groups is 1. The van der Waals surface area contributed by atoms with Crippen molar-refractivity contribution in [3.63, 3.8) is 0 Å². The second-order valence-corrected chi connectivity index (χ2v) is 6.45. The fourth-order valence-electron chi connectivity index (χ4n) is 0.845. The van der Waals surface area contributed by atoms with Crippen molar-refractivity contribution in [3.05, 3.63) is 19.2 Å². The average molecular weight is 372 g/mol. The molecule has 3 N–H and O–H groups in total. The number of amides is 1. The number of nitrogens with two attached hydrogens (primary N) is 1. The van der Waals surface area contributed by atoms with Crippen molar-refractivity contribution in [1.82, 2.24) is 5.32 Å². The lowest BCUT2D eigenvalue weighted by atomic mass is 10.4. The summed E-state index contributed by atoms with van der Waals surface area (Å²) >= 11 is 12.7. The number of thiophene rings is 1. The topological polar surface area (TPSA) is 55.1 Å². The first-order valence-corrected chi connectivity index (χ1v) is 6.83. The summed E-state index contributed by atoms with van der Waals surface area (Å²) in [7, 11) is 0. The molecule has 1 aromatic heterocycles. The monoisotopic (exact) mass is 370 g/mol. The summed E-state index contributed by atoms with van der Waals surface area (Å²) in [6.45, 7) is 0.474. The van der Waals surface area contributed by atoms with Crippen molar-refractivity contribution in [2.24, 2.45) is 5.73 Å². The van der Waals surface area contributed by atoms with Crippen LogP contribution >= 0.6 is 55.4 Å². The zero-order valence-electron chi connectivity index (χ0n) is 7.55. The molecule has 0 aromatic carbocycles. The summed E-state index contributed by atoms with van der Waals surface area (Å²) in [5, 5.41) is 2.73. The summed E-state index contributed by atoms with van der Waals surface area (Å²) in [6, 6.07) is 1.77. The molecule has 1 amide bonds. The third-order valence-electron chi connectivity index (χ3n) is 1.53. The molecule has 0 bridgehead atoms. The molecular formula is C8H8Br2N2OS2. The Bertz CT molecular complexity index is 372. The van der Waals surface area contributed by atoms with E-state index in [1.54, 1.807) is 6.07 Å². The minimum atomic E-state index is -0.109. The maximum absolute atomic E-state index is 11.6. The Kier molecular flexibility index (Phi) is 5.17. The first kappa shape index (κ1) is 13.1. The van der Waals surface area contributed by atoms with Crippen LogP contribution in [0.2, 0.25) is 0 Å². The average Bonchev–Trinajstić information content (AvgIpc) is 2.46. The summed E-state index contributed by atoms with van der Waals surface area (Å²) < 4.78 is 1.79. The molecule has 1 rings (SSSR count). The number of hydrogen-bond acceptors (Lipinski definition) is 3. The molecule has 0 saturated heterocycles. The summed E-state index contributed by atoms with van der Waals surface area (Å²) in [4.78, 5) is 12.6. The van der Waals surface area contributed by atoms with Crippen molar-refractivity contribution in [3.8, 4) is 0 Å². The first-order chi connectivity index (χ1) is 7.00. The third-order valence-corrected chi connectivity index (χ3v) is 4.99. The molecule has 0 spiro atoms. The highest BCUT2D eigenvalue weighted by Gasteiger charge is 2.11. The number of carbonyl (C=O) groups is 1. The Morgan fingerprint density at radius 3 is 2.73 bits per heavy atom. The van der Waals surface area contributed by atoms with Gasteiger partial charge in [0.1, 0.15) is 0 Å². The van der Waals surface area contributed by atoms with E-state index in [0.29, 0.717) is 22.8 Å². The van der Waals surface area contributed by atoms with E-state index in [0.717, 1.165) is 8.26 Å². The second kappa shape index (κ2) is 5.93. The molecule has 0 saturated carbocycles. The molecule has 1 aromatic rings. The zero-order valence-corrected chi connectivity index (χ0v) is 12.4. The normalized spacial score (nSPS) is 10.0. The van der Waals surface area contributed by atoms with Crippen LogP contribution < -0.4 is 11.1 Å². The van der Waals surface area contributed by atoms with Gasteiger partial charge in [-0.3, -0.25) is 4.79 Å². The van der Waals surface area contributed by atoms with Crippen molar-refractivity contribution in [2.45, 2.75) is 6.42 Å². The van der Waals surface area contributed by atoms with Crippen LogP contribution in [-0.4, -0.2) is 17.4 Å². The Morgan fingerprint density at radius 2 is 2.27 bits per heavy atom. The van der Waals surface area contributed by atoms with E-state index in [4.69, 9.17) is 18.0 Å². The molecular weight excluding hydrogens is 364 g/mol. The largest absolute Gasteiger partial charge is 0.393 e. The Labute approximate surface area is 114 Å². The summed E-state index contributed by atoms with van der Waals surface area (Å²) in [5.74, 6) is -0.109. The first-order valence-electron chi connectivity index (χ1n) is 4.02. The molecule has 15 heavy (non-hydrogen) atoms. The molecule has 1 heterocycles. The molecule has 0 radical (unpaired) electrons. The smallest absolute Gasteiger partial charge is 0.261 e. The van der Waals surface area contributed by atoms with Crippen molar-refractivity contribution in [1.29, 1.82) is 0 Å². The van der Waals surface area contributed by atoms with E-state index in [9.17, 15) is 4.79 Å². The van der Waals surface area contributed by atoms with Gasteiger partial charge in [-0.05, 0) is 37.9 Å². The summed E-state index contributed by atoms with van der Waals surface area (Å²) in [5.41, 5.74) is 5.31. The third kappa shape index (κ3) is 4.18. The van der Waals surface area contributed by atoms with Crippen LogP contribution in [0, 0.1) is 0 Å². The molecule has 3 nitrogen and oxygen atoms in total. The fourth-order valence-corrected chi connectivity index (χ4v) is 2.90. The van der Waals surface area contributed by atoms with Crippen LogP contribution in [0.3, 0.4) is 0 Å². The van der Waals surface area contributed by atoms with Gasteiger partial charge in [0.15, 0.2) is 0 Å². The Hall–Kier alpha value is 0.0200. The highest BCUT2D eigenvalue weighted by Crippen LogP contribution is 2.32. The van der Waals surface area contributed by atoms with Gasteiger partial charge in [0.05, 0.1) is 13.7 Å². The minimum Gasteiger partial charge on any atom is -0.393 e. The molecule has 0 fully saturated rings. The number of hydrogen-bond donors (Lipinski definition) is 2. The molecule has 82 valence electrons. The minimum absolute atomic E-state index is 0.109. The van der Waals surface area contributed by atoms with Gasteiger partial charge in [-0.25, -0.2) is 0 Å². The standard InChI is InChI=1S/C8H8Br2N2OS2/c9-4-3-5(15-7(4)10)8(13)12-2-1-6(11)14/h3H,1-2H2,(H2,11,14)(H,12,13). The highest BCUT2D eigenvalue weighted by atomic mass is 79.9. The van der Waals surface area contributed by atoms with E-state index in [2.05, 4.69) is 37.2 Å². The number of nitrogens with one attached hydrogen (secondary N) is 1. The lowest BCUT2D eigenvalue weighted by Gasteiger charge is -2.01. The van der Waals surface area contributed by atoms with Gasteiger partial charge in [0, 0.05) is 17.4 Å². The Morgan fingerprint density at radius 1 is 1.60 bits per heavy atom. The van der Waals surface area contributed by atoms with Crippen LogP contribution in [0.4, 0.5) is 0 Å². The number of rotatable bonds is 4. The van der Waals surface area contributed by atoms with Gasteiger partial charge in [0.25, 0.3) is 5.91 Å². The molecule has 0 aliphatic carbocycles. The van der Waals surface area contributed by atoms with Gasteiger partial charge in [0.2, 0.25) is 0 Å². The molecule has 7 heteroatoms. The fraction of sp³-hybridized carbons (Fsp3) is 0.250. The van der Waals surface area contributed by atoms with Gasteiger partial charge in [-0.15, -0.1) is 11.3 Å². The zero-order chi connectivity index (χ0) is 11.4. The van der Waals surface area contributed by atoms with Crippen LogP contribution in [0.25, 0.3) is 0 Å². The van der Waals surface area contributed by atoms with Gasteiger partial charge in [-0.1, -0.05) is 12.2 Å². The lowest BCUT2D eigenvalue weighted by Crippen LogP contribution is -2.26. The van der Waals surface area contributed by atoms with E-state index < -0.39 is 0 Å². The number of halogens is 2. The maximum Gasteiger partial charge on any atom is 0.261 e. The maximum atomic E-state index is 11.6. The van der Waals surface area contributed by atoms with Gasteiger partial charge < -0.3 is 11.1 Å². The van der Waals surface area contributed by atoms with Gasteiger partial charge in [-0.2, -0.15) is 0 Å². The lowest BCUT2D eigenvalue weighted by molar-refractivity contribution is 0.0959. The van der Waals surface area contributed by atoms with E-state index in [1.165, 1.54) is 11.3 Å². The van der Waals surface area contributed by atoms with E-state index in [1.807, 2.05) is 0 Å². The molecule has 0 unspecified atom stereocenters. The van der Waals surface area contributed by atoms with Crippen molar-refractivity contribution >= 4 is 66.3 Å². The second-order valence-electron chi connectivity index (χ2n) is 2.70. The Balaban J connectivity index is 2.50. The van der Waals surface area contributed by atoms with Crippen molar-refractivity contribution in [2.75, 3.05) is 6.54 Å². The molecule has 0 aliphatic heterocycles. The van der Waals surface area contributed by atoms with Crippen LogP contribution in [0.15, 0.2) is 14.3 Å². The van der Waals surface area contributed by atoms with Crippen molar-refractivity contribution < 1.29 is 4.79 Å². The van der Waals surface area contributed by atoms with Crippen LogP contribution in [0.5, 0.6) is 0 Å². The molecule has 0 aliphatic rings.